The van der Waals surface area contributed by atoms with Crippen LogP contribution in [0.4, 0.5) is 0 Å². The number of nitrogens with two attached hydrogens (primary N) is 1. The predicted octanol–water partition coefficient (Wildman–Crippen LogP) is 1.86. The molecule has 1 atom stereocenters. The van der Waals surface area contributed by atoms with Crippen LogP contribution in [0.1, 0.15) is 41.0 Å². The molecule has 0 aliphatic rings. The Hall–Kier alpha value is -0.570. The van der Waals surface area contributed by atoms with E-state index in [0.29, 0.717) is 6.42 Å². The molecule has 0 aromatic heterocycles. The predicted molar refractivity (Wildman–Crippen MR) is 53.5 cm³/mol. The summed E-state index contributed by atoms with van der Waals surface area (Å²) in [7, 11) is 0. The van der Waals surface area contributed by atoms with Crippen molar-refractivity contribution in [2.24, 2.45) is 16.6 Å². The van der Waals surface area contributed by atoms with E-state index in [1.807, 2.05) is 20.8 Å². The Morgan fingerprint density at radius 2 is 1.69 bits per heavy atom. The molecule has 3 N–H and O–H groups in total. The van der Waals surface area contributed by atoms with Crippen molar-refractivity contribution in [2.75, 3.05) is 0 Å². The van der Waals surface area contributed by atoms with Crippen LogP contribution in [-0.2, 0) is 4.79 Å². The Kier molecular flexibility index (Phi) is 3.50. The van der Waals surface area contributed by atoms with Crippen LogP contribution in [0.15, 0.2) is 0 Å². The lowest BCUT2D eigenvalue weighted by molar-refractivity contribution is -0.147. The molecule has 0 aliphatic carbocycles. The zero-order valence-corrected chi connectivity index (χ0v) is 9.22. The van der Waals surface area contributed by atoms with E-state index < -0.39 is 11.4 Å². The highest BCUT2D eigenvalue weighted by atomic mass is 16.4. The smallest absolute Gasteiger partial charge is 0.309 e. The highest BCUT2D eigenvalue weighted by Crippen LogP contribution is 2.29. The van der Waals surface area contributed by atoms with Gasteiger partial charge in [-0.2, -0.15) is 0 Å². The number of hydrogen-bond acceptors (Lipinski definition) is 2. The van der Waals surface area contributed by atoms with Gasteiger partial charge >= 0.3 is 5.97 Å². The Morgan fingerprint density at radius 3 is 1.92 bits per heavy atom. The van der Waals surface area contributed by atoms with Crippen molar-refractivity contribution >= 4 is 5.97 Å². The first kappa shape index (κ1) is 12.4. The van der Waals surface area contributed by atoms with E-state index in [0.717, 1.165) is 0 Å². The second-order valence-electron chi connectivity index (χ2n) is 5.37. The second-order valence-corrected chi connectivity index (χ2v) is 5.37. The number of carboxylic acid groups (broad SMARTS) is 1. The number of aliphatic carboxylic acids is 1. The molecule has 13 heavy (non-hydrogen) atoms. The molecule has 0 heterocycles. The van der Waals surface area contributed by atoms with E-state index in [2.05, 4.69) is 0 Å². The third kappa shape index (κ3) is 3.77. The third-order valence-corrected chi connectivity index (χ3v) is 2.42. The first-order chi connectivity index (χ1) is 5.57. The Labute approximate surface area is 80.3 Å². The largest absolute Gasteiger partial charge is 0.481 e. The third-order valence-electron chi connectivity index (χ3n) is 2.42. The summed E-state index contributed by atoms with van der Waals surface area (Å²) in [5.41, 5.74) is 5.15. The number of carboxylic acids is 1. The topological polar surface area (TPSA) is 63.3 Å². The molecule has 0 spiro atoms. The van der Waals surface area contributed by atoms with Crippen molar-refractivity contribution in [3.63, 3.8) is 0 Å². The monoisotopic (exact) mass is 187 g/mol. The van der Waals surface area contributed by atoms with Crippen LogP contribution in [0.3, 0.4) is 0 Å². The summed E-state index contributed by atoms with van der Waals surface area (Å²) in [5, 5.41) is 8.90. The van der Waals surface area contributed by atoms with Crippen LogP contribution in [-0.4, -0.2) is 17.1 Å². The maximum absolute atomic E-state index is 10.8. The molecule has 0 fully saturated rings. The van der Waals surface area contributed by atoms with Crippen molar-refractivity contribution in [3.05, 3.63) is 0 Å². The minimum atomic E-state index is -0.785. The SMILES string of the molecule is CC(C)(CC(N)C(C)(C)C)C(=O)O. The first-order valence-electron chi connectivity index (χ1n) is 4.56. The molecular formula is C10H21NO2. The first-order valence-corrected chi connectivity index (χ1v) is 4.56. The molecule has 0 aromatic rings. The van der Waals surface area contributed by atoms with Crippen molar-refractivity contribution in [3.8, 4) is 0 Å². The van der Waals surface area contributed by atoms with Gasteiger partial charge in [0.15, 0.2) is 0 Å². The zero-order valence-electron chi connectivity index (χ0n) is 9.22. The molecule has 78 valence electrons. The summed E-state index contributed by atoms with van der Waals surface area (Å²) in [6.45, 7) is 9.49. The highest BCUT2D eigenvalue weighted by molar-refractivity contribution is 5.73. The van der Waals surface area contributed by atoms with E-state index in [1.165, 1.54) is 0 Å². The van der Waals surface area contributed by atoms with Crippen LogP contribution in [0, 0.1) is 10.8 Å². The molecule has 0 bridgehead atoms. The van der Waals surface area contributed by atoms with Gasteiger partial charge in [-0.3, -0.25) is 4.79 Å². The number of hydrogen-bond donors (Lipinski definition) is 2. The van der Waals surface area contributed by atoms with Crippen LogP contribution < -0.4 is 5.73 Å². The maximum atomic E-state index is 10.8. The van der Waals surface area contributed by atoms with Gasteiger partial charge in [0, 0.05) is 6.04 Å². The van der Waals surface area contributed by atoms with Crippen LogP contribution in [0.5, 0.6) is 0 Å². The van der Waals surface area contributed by atoms with Gasteiger partial charge in [-0.1, -0.05) is 20.8 Å². The minimum absolute atomic E-state index is 0.0350. The van der Waals surface area contributed by atoms with E-state index in [-0.39, 0.29) is 11.5 Å². The van der Waals surface area contributed by atoms with Crippen LogP contribution in [0.25, 0.3) is 0 Å². The lowest BCUT2D eigenvalue weighted by Gasteiger charge is -2.32. The minimum Gasteiger partial charge on any atom is -0.481 e. The van der Waals surface area contributed by atoms with Gasteiger partial charge in [-0.05, 0) is 25.7 Å². The fraction of sp³-hybridized carbons (Fsp3) is 0.900. The molecule has 0 saturated carbocycles. The second kappa shape index (κ2) is 3.66. The van der Waals surface area contributed by atoms with Gasteiger partial charge in [0.05, 0.1) is 5.41 Å². The van der Waals surface area contributed by atoms with E-state index in [4.69, 9.17) is 10.8 Å². The molecule has 1 unspecified atom stereocenters. The van der Waals surface area contributed by atoms with Crippen molar-refractivity contribution in [1.29, 1.82) is 0 Å². The Balaban J connectivity index is 4.37. The van der Waals surface area contributed by atoms with Gasteiger partial charge in [0.25, 0.3) is 0 Å². The lowest BCUT2D eigenvalue weighted by Crippen LogP contribution is -2.41. The molecule has 3 nitrogen and oxygen atoms in total. The van der Waals surface area contributed by atoms with Gasteiger partial charge in [0.2, 0.25) is 0 Å². The van der Waals surface area contributed by atoms with Crippen molar-refractivity contribution < 1.29 is 9.90 Å². The van der Waals surface area contributed by atoms with Gasteiger partial charge in [-0.25, -0.2) is 0 Å². The average Bonchev–Trinajstić information content (AvgIpc) is 1.83. The molecule has 0 amide bonds. The molecule has 0 radical (unpaired) electrons. The van der Waals surface area contributed by atoms with Crippen LogP contribution in [0.2, 0.25) is 0 Å². The van der Waals surface area contributed by atoms with E-state index in [1.54, 1.807) is 13.8 Å². The molecule has 0 aliphatic heterocycles. The van der Waals surface area contributed by atoms with Crippen LogP contribution >= 0.6 is 0 Å². The summed E-state index contributed by atoms with van der Waals surface area (Å²) in [5.74, 6) is -0.785. The molecule has 3 heteroatoms. The Bertz CT molecular complexity index is 192. The summed E-state index contributed by atoms with van der Waals surface area (Å²) in [6, 6.07) is -0.0846. The average molecular weight is 187 g/mol. The van der Waals surface area contributed by atoms with Gasteiger partial charge < -0.3 is 10.8 Å². The standard InChI is InChI=1S/C10H21NO2/c1-9(2,3)7(11)6-10(4,5)8(12)13/h7H,6,11H2,1-5H3,(H,12,13). The van der Waals surface area contributed by atoms with Crippen molar-refractivity contribution in [2.45, 2.75) is 47.1 Å². The Morgan fingerprint density at radius 1 is 1.31 bits per heavy atom. The normalized spacial score (nSPS) is 15.5. The molecule has 0 saturated heterocycles. The lowest BCUT2D eigenvalue weighted by atomic mass is 9.76. The summed E-state index contributed by atoms with van der Waals surface area (Å²) >= 11 is 0. The van der Waals surface area contributed by atoms with Crippen molar-refractivity contribution in [1.82, 2.24) is 0 Å². The van der Waals surface area contributed by atoms with Gasteiger partial charge in [0.1, 0.15) is 0 Å². The van der Waals surface area contributed by atoms with E-state index >= 15 is 0 Å². The fourth-order valence-electron chi connectivity index (χ4n) is 0.943. The molecule has 0 aromatic carbocycles. The number of rotatable bonds is 3. The number of carbonyl (C=O) groups is 1. The highest BCUT2D eigenvalue weighted by Gasteiger charge is 2.33. The maximum Gasteiger partial charge on any atom is 0.309 e. The molecule has 0 rings (SSSR count). The quantitative estimate of drug-likeness (QED) is 0.709. The van der Waals surface area contributed by atoms with E-state index in [9.17, 15) is 4.79 Å². The fourth-order valence-corrected chi connectivity index (χ4v) is 0.943. The van der Waals surface area contributed by atoms with Gasteiger partial charge in [-0.15, -0.1) is 0 Å². The summed E-state index contributed by atoms with van der Waals surface area (Å²) < 4.78 is 0. The summed E-state index contributed by atoms with van der Waals surface area (Å²) in [6.07, 6.45) is 0.506. The molecular weight excluding hydrogens is 166 g/mol. The summed E-state index contributed by atoms with van der Waals surface area (Å²) in [4.78, 5) is 10.8. The zero-order chi connectivity index (χ0) is 10.9.